The Kier molecular flexibility index (Phi) is 5.83. The first-order valence-electron chi connectivity index (χ1n) is 7.62. The Balaban J connectivity index is 2.45. The lowest BCUT2D eigenvalue weighted by atomic mass is 9.88. The topological polar surface area (TPSA) is 96.0 Å². The molecule has 0 heterocycles. The van der Waals surface area contributed by atoms with Crippen LogP contribution in [0.15, 0.2) is 42.2 Å². The molecule has 0 fully saturated rings. The van der Waals surface area contributed by atoms with Crippen molar-refractivity contribution in [1.82, 2.24) is 0 Å². The largest absolute Gasteiger partial charge is 0.534 e. The van der Waals surface area contributed by atoms with Gasteiger partial charge >= 0.3 is 27.6 Å². The molecule has 1 aliphatic carbocycles. The second-order valence-corrected chi connectivity index (χ2v) is 7.06. The van der Waals surface area contributed by atoms with Gasteiger partial charge in [-0.05, 0) is 31.1 Å². The van der Waals surface area contributed by atoms with E-state index in [9.17, 15) is 31.2 Å². The Morgan fingerprint density at radius 3 is 2.33 bits per heavy atom. The first-order chi connectivity index (χ1) is 12.5. The third-order valence-electron chi connectivity index (χ3n) is 3.74. The maximum absolute atomic E-state index is 12.7. The van der Waals surface area contributed by atoms with Crippen LogP contribution in [-0.2, 0) is 28.6 Å². The first-order valence-corrected chi connectivity index (χ1v) is 9.02. The monoisotopic (exact) mass is 408 g/mol. The van der Waals surface area contributed by atoms with Gasteiger partial charge in [0.25, 0.3) is 5.60 Å². The molecule has 0 saturated heterocycles. The lowest BCUT2D eigenvalue weighted by Gasteiger charge is -2.34. The van der Waals surface area contributed by atoms with E-state index < -0.39 is 38.9 Å². The van der Waals surface area contributed by atoms with E-state index in [1.165, 1.54) is 24.3 Å². The van der Waals surface area contributed by atoms with Gasteiger partial charge in [0.2, 0.25) is 0 Å². The van der Waals surface area contributed by atoms with Gasteiger partial charge in [-0.25, -0.2) is 9.59 Å². The quantitative estimate of drug-likeness (QED) is 0.420. The van der Waals surface area contributed by atoms with Gasteiger partial charge in [-0.1, -0.05) is 18.2 Å². The molecular weight excluding hydrogens is 393 g/mol. The average molecular weight is 408 g/mol. The summed E-state index contributed by atoms with van der Waals surface area (Å²) in [6, 6.07) is 7.32. The summed E-state index contributed by atoms with van der Waals surface area (Å²) in [5.74, 6) is -3.26. The average Bonchev–Trinajstić information content (AvgIpc) is 2.62. The van der Waals surface area contributed by atoms with E-state index in [-0.39, 0.29) is 24.8 Å². The van der Waals surface area contributed by atoms with Crippen LogP contribution < -0.4 is 0 Å². The van der Waals surface area contributed by atoms with Crippen LogP contribution in [0.1, 0.15) is 29.6 Å². The van der Waals surface area contributed by atoms with Crippen molar-refractivity contribution >= 4 is 22.1 Å². The molecule has 0 aromatic heterocycles. The number of alkyl halides is 3. The van der Waals surface area contributed by atoms with Gasteiger partial charge < -0.3 is 13.7 Å². The number of benzene rings is 1. The van der Waals surface area contributed by atoms with Crippen LogP contribution in [0, 0.1) is 0 Å². The van der Waals surface area contributed by atoms with Gasteiger partial charge in [-0.3, -0.25) is 0 Å². The number of methoxy groups -OCH3 is 1. The molecule has 0 spiro atoms. The molecular formula is C16H15F3O7S. The SMILES string of the molecule is COC(=O)C1(OC(=O)c2ccccc2)CCCC=C1OS(=O)(=O)C(F)(F)F. The van der Waals surface area contributed by atoms with Crippen molar-refractivity contribution in [3.05, 3.63) is 47.7 Å². The summed E-state index contributed by atoms with van der Waals surface area (Å²) in [5.41, 5.74) is -8.17. The summed E-state index contributed by atoms with van der Waals surface area (Å²) in [4.78, 5) is 24.7. The lowest BCUT2D eigenvalue weighted by molar-refractivity contribution is -0.163. The smallest absolute Gasteiger partial charge is 0.466 e. The number of allylic oxidation sites excluding steroid dienone is 1. The highest BCUT2D eigenvalue weighted by Gasteiger charge is 2.56. The van der Waals surface area contributed by atoms with Gasteiger partial charge in [-0.15, -0.1) is 0 Å². The summed E-state index contributed by atoms with van der Waals surface area (Å²) in [6.45, 7) is 0. The number of rotatable bonds is 5. The molecule has 1 aromatic rings. The third-order valence-corrected chi connectivity index (χ3v) is 4.70. The minimum absolute atomic E-state index is 0.00406. The van der Waals surface area contributed by atoms with Crippen LogP contribution in [-0.4, -0.2) is 38.6 Å². The standard InChI is InChI=1S/C16H15F3O7S/c1-24-14(21)15(25-13(20)11-7-3-2-4-8-11)10-6-5-9-12(15)26-27(22,23)16(17,18)19/h2-4,7-9H,5-6,10H2,1H3. The van der Waals surface area contributed by atoms with Gasteiger partial charge in [0.15, 0.2) is 5.76 Å². The van der Waals surface area contributed by atoms with Crippen molar-refractivity contribution < 1.29 is 44.8 Å². The number of hydrogen-bond acceptors (Lipinski definition) is 7. The van der Waals surface area contributed by atoms with E-state index in [0.29, 0.717) is 0 Å². The Morgan fingerprint density at radius 1 is 1.15 bits per heavy atom. The second kappa shape index (κ2) is 7.59. The molecule has 11 heteroatoms. The number of esters is 2. The third kappa shape index (κ3) is 4.24. The highest BCUT2D eigenvalue weighted by molar-refractivity contribution is 7.87. The molecule has 0 radical (unpaired) electrons. The minimum Gasteiger partial charge on any atom is -0.466 e. The predicted octanol–water partition coefficient (Wildman–Crippen LogP) is 2.69. The molecule has 1 aliphatic rings. The predicted molar refractivity (Wildman–Crippen MR) is 84.6 cm³/mol. The van der Waals surface area contributed by atoms with Crippen molar-refractivity contribution in [2.45, 2.75) is 30.4 Å². The van der Waals surface area contributed by atoms with Crippen LogP contribution >= 0.6 is 0 Å². The maximum atomic E-state index is 12.7. The summed E-state index contributed by atoms with van der Waals surface area (Å²) < 4.78 is 74.7. The Morgan fingerprint density at radius 2 is 1.78 bits per heavy atom. The van der Waals surface area contributed by atoms with Gasteiger partial charge in [-0.2, -0.15) is 21.6 Å². The molecule has 0 aliphatic heterocycles. The molecule has 2 rings (SSSR count). The van der Waals surface area contributed by atoms with E-state index in [2.05, 4.69) is 8.92 Å². The number of ether oxygens (including phenoxy) is 2. The van der Waals surface area contributed by atoms with Crippen LogP contribution in [0.3, 0.4) is 0 Å². The molecule has 148 valence electrons. The molecule has 0 bridgehead atoms. The molecule has 27 heavy (non-hydrogen) atoms. The Hall–Kier alpha value is -2.56. The van der Waals surface area contributed by atoms with E-state index in [1.54, 1.807) is 6.07 Å². The molecule has 1 atom stereocenters. The summed E-state index contributed by atoms with van der Waals surface area (Å²) >= 11 is 0. The van der Waals surface area contributed by atoms with Crippen molar-refractivity contribution in [1.29, 1.82) is 0 Å². The molecule has 7 nitrogen and oxygen atoms in total. The van der Waals surface area contributed by atoms with Gasteiger partial charge in [0.1, 0.15) is 0 Å². The lowest BCUT2D eigenvalue weighted by Crippen LogP contribution is -2.49. The summed E-state index contributed by atoms with van der Waals surface area (Å²) in [7, 11) is -5.16. The fraction of sp³-hybridized carbons (Fsp3) is 0.375. The Bertz CT molecular complexity index is 847. The molecule has 0 N–H and O–H groups in total. The van der Waals surface area contributed by atoms with Crippen molar-refractivity contribution in [3.8, 4) is 0 Å². The van der Waals surface area contributed by atoms with E-state index in [0.717, 1.165) is 13.2 Å². The number of carbonyl (C=O) groups is 2. The van der Waals surface area contributed by atoms with Crippen LogP contribution in [0.5, 0.6) is 0 Å². The van der Waals surface area contributed by atoms with E-state index in [1.807, 2.05) is 0 Å². The molecule has 1 unspecified atom stereocenters. The number of hydrogen-bond donors (Lipinski definition) is 0. The molecule has 1 aromatic carbocycles. The summed E-state index contributed by atoms with van der Waals surface area (Å²) in [6.07, 6.45) is 0.986. The normalized spacial score (nSPS) is 20.4. The highest BCUT2D eigenvalue weighted by atomic mass is 32.2. The maximum Gasteiger partial charge on any atom is 0.534 e. The second-order valence-electron chi connectivity index (χ2n) is 5.52. The van der Waals surface area contributed by atoms with Gasteiger partial charge in [0.05, 0.1) is 12.7 Å². The van der Waals surface area contributed by atoms with Crippen LogP contribution in [0.4, 0.5) is 13.2 Å². The highest BCUT2D eigenvalue weighted by Crippen LogP contribution is 2.39. The molecule has 0 amide bonds. The fourth-order valence-corrected chi connectivity index (χ4v) is 2.97. The zero-order chi connectivity index (χ0) is 20.3. The molecule has 0 saturated carbocycles. The van der Waals surface area contributed by atoms with Crippen molar-refractivity contribution in [2.75, 3.05) is 7.11 Å². The number of carbonyl (C=O) groups excluding carboxylic acids is 2. The van der Waals surface area contributed by atoms with Crippen molar-refractivity contribution in [3.63, 3.8) is 0 Å². The Labute approximate surface area is 152 Å². The van der Waals surface area contributed by atoms with E-state index >= 15 is 0 Å². The van der Waals surface area contributed by atoms with Crippen LogP contribution in [0.2, 0.25) is 0 Å². The van der Waals surface area contributed by atoms with Crippen LogP contribution in [0.25, 0.3) is 0 Å². The minimum atomic E-state index is -6.08. The number of halogens is 3. The van der Waals surface area contributed by atoms with Gasteiger partial charge in [0, 0.05) is 6.42 Å². The zero-order valence-corrected chi connectivity index (χ0v) is 14.8. The first kappa shape index (κ1) is 20.7. The van der Waals surface area contributed by atoms with Crippen molar-refractivity contribution in [2.24, 2.45) is 0 Å². The zero-order valence-electron chi connectivity index (χ0n) is 14.0. The van der Waals surface area contributed by atoms with E-state index in [4.69, 9.17) is 4.74 Å². The summed E-state index contributed by atoms with van der Waals surface area (Å²) in [5, 5.41) is 0. The fourth-order valence-electron chi connectivity index (χ4n) is 2.44.